The molecule has 1 aromatic carbocycles. The number of hydrogen-bond acceptors (Lipinski definition) is 3. The molecule has 0 saturated heterocycles. The van der Waals surface area contributed by atoms with Gasteiger partial charge in [0.2, 0.25) is 0 Å². The Bertz CT molecular complexity index is 689. The van der Waals surface area contributed by atoms with Crippen molar-refractivity contribution in [3.8, 4) is 0 Å². The van der Waals surface area contributed by atoms with Gasteiger partial charge in [0, 0.05) is 12.6 Å². The van der Waals surface area contributed by atoms with Crippen LogP contribution in [0.3, 0.4) is 0 Å². The lowest BCUT2D eigenvalue weighted by Gasteiger charge is -2.16. The first-order chi connectivity index (χ1) is 9.88. The fourth-order valence-corrected chi connectivity index (χ4v) is 2.44. The number of nitrogens with two attached hydrogens (primary N) is 1. The molecule has 21 heavy (non-hydrogen) atoms. The molecular weight excluding hydrogens is 262 g/mol. The summed E-state index contributed by atoms with van der Waals surface area (Å²) in [6.45, 7) is 8.83. The van der Waals surface area contributed by atoms with Gasteiger partial charge in [0.15, 0.2) is 0 Å². The highest BCUT2D eigenvalue weighted by Crippen LogP contribution is 2.21. The summed E-state index contributed by atoms with van der Waals surface area (Å²) >= 11 is 0. The normalized spacial score (nSPS) is 12.7. The second-order valence-corrected chi connectivity index (χ2v) is 6.01. The number of aryl methyl sites for hydroxylation is 2. The summed E-state index contributed by atoms with van der Waals surface area (Å²) in [5, 5.41) is 4.43. The Kier molecular flexibility index (Phi) is 4.58. The van der Waals surface area contributed by atoms with Crippen LogP contribution in [-0.2, 0) is 6.54 Å². The minimum atomic E-state index is -0.315. The van der Waals surface area contributed by atoms with Crippen LogP contribution in [0, 0.1) is 19.8 Å². The van der Waals surface area contributed by atoms with Crippen LogP contribution in [0.1, 0.15) is 42.3 Å². The Balaban J connectivity index is 2.39. The van der Waals surface area contributed by atoms with Crippen LogP contribution in [0.2, 0.25) is 0 Å². The monoisotopic (exact) mass is 285 g/mol. The molecule has 1 atom stereocenters. The first kappa shape index (κ1) is 15.4. The zero-order chi connectivity index (χ0) is 15.6. The lowest BCUT2D eigenvalue weighted by Crippen LogP contribution is -2.27. The third-order valence-electron chi connectivity index (χ3n) is 3.50. The maximum absolute atomic E-state index is 11.8. The number of nitrogens with zero attached hydrogens (tertiary/aromatic N) is 2. The third-order valence-corrected chi connectivity index (χ3v) is 3.50. The second-order valence-electron chi connectivity index (χ2n) is 6.01. The molecule has 1 heterocycles. The minimum absolute atomic E-state index is 0.0831. The highest BCUT2D eigenvalue weighted by atomic mass is 16.1. The SMILES string of the molecule is Cc1ccc(C(N)c2ccc(=O)n(CC(C)C)n2)c(C)c1. The maximum Gasteiger partial charge on any atom is 0.266 e. The van der Waals surface area contributed by atoms with E-state index in [-0.39, 0.29) is 11.6 Å². The van der Waals surface area contributed by atoms with Gasteiger partial charge in [-0.05, 0) is 37.0 Å². The molecule has 0 aliphatic rings. The maximum atomic E-state index is 11.8. The lowest BCUT2D eigenvalue weighted by atomic mass is 9.97. The van der Waals surface area contributed by atoms with E-state index in [0.717, 1.165) is 16.8 Å². The van der Waals surface area contributed by atoms with E-state index in [9.17, 15) is 4.79 Å². The molecular formula is C17H23N3O. The quantitative estimate of drug-likeness (QED) is 0.939. The van der Waals surface area contributed by atoms with Crippen molar-refractivity contribution in [1.82, 2.24) is 9.78 Å². The van der Waals surface area contributed by atoms with Gasteiger partial charge in [-0.25, -0.2) is 4.68 Å². The van der Waals surface area contributed by atoms with Gasteiger partial charge in [-0.2, -0.15) is 5.10 Å². The van der Waals surface area contributed by atoms with E-state index >= 15 is 0 Å². The van der Waals surface area contributed by atoms with Gasteiger partial charge in [0.05, 0.1) is 11.7 Å². The first-order valence-corrected chi connectivity index (χ1v) is 7.29. The van der Waals surface area contributed by atoms with Crippen molar-refractivity contribution in [2.75, 3.05) is 0 Å². The second kappa shape index (κ2) is 6.22. The third kappa shape index (κ3) is 3.58. The predicted molar refractivity (Wildman–Crippen MR) is 85.3 cm³/mol. The molecule has 112 valence electrons. The van der Waals surface area contributed by atoms with E-state index in [2.05, 4.69) is 31.9 Å². The van der Waals surface area contributed by atoms with Crippen molar-refractivity contribution >= 4 is 0 Å². The van der Waals surface area contributed by atoms with Crippen LogP contribution in [0.25, 0.3) is 0 Å². The molecule has 2 rings (SSSR count). The van der Waals surface area contributed by atoms with E-state index in [1.165, 1.54) is 10.2 Å². The molecule has 4 nitrogen and oxygen atoms in total. The van der Waals surface area contributed by atoms with Gasteiger partial charge in [0.1, 0.15) is 0 Å². The average Bonchev–Trinajstić information content (AvgIpc) is 2.40. The first-order valence-electron chi connectivity index (χ1n) is 7.29. The average molecular weight is 285 g/mol. The Hall–Kier alpha value is -1.94. The predicted octanol–water partition coefficient (Wildman–Crippen LogP) is 2.56. The molecule has 1 unspecified atom stereocenters. The minimum Gasteiger partial charge on any atom is -0.319 e. The fraction of sp³-hybridized carbons (Fsp3) is 0.412. The molecule has 0 aliphatic carbocycles. The summed E-state index contributed by atoms with van der Waals surface area (Å²) in [6.07, 6.45) is 0. The molecule has 1 aromatic heterocycles. The van der Waals surface area contributed by atoms with Crippen LogP contribution in [0.15, 0.2) is 35.1 Å². The van der Waals surface area contributed by atoms with Crippen molar-refractivity contribution in [2.24, 2.45) is 11.7 Å². The number of aromatic nitrogens is 2. The number of hydrogen-bond donors (Lipinski definition) is 1. The molecule has 2 aromatic rings. The Morgan fingerprint density at radius 2 is 1.90 bits per heavy atom. The van der Waals surface area contributed by atoms with E-state index in [1.54, 1.807) is 12.1 Å². The largest absolute Gasteiger partial charge is 0.319 e. The summed E-state index contributed by atoms with van der Waals surface area (Å²) in [6, 6.07) is 9.15. The van der Waals surface area contributed by atoms with Crippen molar-refractivity contribution < 1.29 is 0 Å². The summed E-state index contributed by atoms with van der Waals surface area (Å²) < 4.78 is 1.50. The smallest absolute Gasteiger partial charge is 0.266 e. The topological polar surface area (TPSA) is 60.9 Å². The summed E-state index contributed by atoms with van der Waals surface area (Å²) in [7, 11) is 0. The van der Waals surface area contributed by atoms with E-state index in [0.29, 0.717) is 12.5 Å². The van der Waals surface area contributed by atoms with Crippen molar-refractivity contribution in [2.45, 2.75) is 40.3 Å². The zero-order valence-corrected chi connectivity index (χ0v) is 13.1. The van der Waals surface area contributed by atoms with Crippen LogP contribution >= 0.6 is 0 Å². The van der Waals surface area contributed by atoms with Gasteiger partial charge in [-0.15, -0.1) is 0 Å². The van der Waals surface area contributed by atoms with Crippen LogP contribution in [-0.4, -0.2) is 9.78 Å². The van der Waals surface area contributed by atoms with Gasteiger partial charge in [-0.1, -0.05) is 37.6 Å². The van der Waals surface area contributed by atoms with Crippen molar-refractivity contribution in [3.63, 3.8) is 0 Å². The summed E-state index contributed by atoms with van der Waals surface area (Å²) in [5.74, 6) is 0.364. The standard InChI is InChI=1S/C17H23N3O/c1-11(2)10-20-16(21)8-7-15(19-20)17(18)14-6-5-12(3)9-13(14)4/h5-9,11,17H,10,18H2,1-4H3. The summed E-state index contributed by atoms with van der Waals surface area (Å²) in [5.41, 5.74) is 10.4. The summed E-state index contributed by atoms with van der Waals surface area (Å²) in [4.78, 5) is 11.8. The molecule has 0 spiro atoms. The lowest BCUT2D eigenvalue weighted by molar-refractivity contribution is 0.455. The van der Waals surface area contributed by atoms with Gasteiger partial charge >= 0.3 is 0 Å². The Labute approximate surface area is 125 Å². The number of benzene rings is 1. The van der Waals surface area contributed by atoms with E-state index in [1.807, 2.05) is 19.1 Å². The Morgan fingerprint density at radius 1 is 1.19 bits per heavy atom. The van der Waals surface area contributed by atoms with Crippen LogP contribution in [0.4, 0.5) is 0 Å². The van der Waals surface area contributed by atoms with Gasteiger partial charge in [0.25, 0.3) is 5.56 Å². The highest BCUT2D eigenvalue weighted by molar-refractivity contribution is 5.36. The van der Waals surface area contributed by atoms with Crippen molar-refractivity contribution in [3.05, 3.63) is 63.1 Å². The Morgan fingerprint density at radius 3 is 2.52 bits per heavy atom. The molecule has 0 radical (unpaired) electrons. The highest BCUT2D eigenvalue weighted by Gasteiger charge is 2.14. The van der Waals surface area contributed by atoms with Crippen LogP contribution in [0.5, 0.6) is 0 Å². The van der Waals surface area contributed by atoms with E-state index in [4.69, 9.17) is 5.73 Å². The van der Waals surface area contributed by atoms with Gasteiger partial charge < -0.3 is 5.73 Å². The molecule has 0 saturated carbocycles. The number of rotatable bonds is 4. The molecule has 0 bridgehead atoms. The molecule has 0 fully saturated rings. The van der Waals surface area contributed by atoms with Crippen LogP contribution < -0.4 is 11.3 Å². The zero-order valence-electron chi connectivity index (χ0n) is 13.1. The molecule has 0 aliphatic heterocycles. The van der Waals surface area contributed by atoms with E-state index < -0.39 is 0 Å². The molecule has 4 heteroatoms. The molecule has 2 N–H and O–H groups in total. The van der Waals surface area contributed by atoms with Gasteiger partial charge in [-0.3, -0.25) is 4.79 Å². The fourth-order valence-electron chi connectivity index (χ4n) is 2.44. The van der Waals surface area contributed by atoms with Crippen molar-refractivity contribution in [1.29, 1.82) is 0 Å². The molecule has 0 amide bonds.